The van der Waals surface area contributed by atoms with Crippen LogP contribution in [-0.2, 0) is 11.3 Å². The average Bonchev–Trinajstić information content (AvgIpc) is 2.71. The van der Waals surface area contributed by atoms with Gasteiger partial charge >= 0.3 is 0 Å². The summed E-state index contributed by atoms with van der Waals surface area (Å²) in [6.45, 7) is 8.12. The molecule has 1 N–H and O–H groups in total. The van der Waals surface area contributed by atoms with Gasteiger partial charge in [0.1, 0.15) is 0 Å². The van der Waals surface area contributed by atoms with Crippen LogP contribution in [0.3, 0.4) is 0 Å². The zero-order valence-electron chi connectivity index (χ0n) is 11.6. The molecule has 18 heavy (non-hydrogen) atoms. The fourth-order valence-electron chi connectivity index (χ4n) is 2.43. The van der Waals surface area contributed by atoms with E-state index < -0.39 is 0 Å². The quantitative estimate of drug-likeness (QED) is 0.790. The van der Waals surface area contributed by atoms with Gasteiger partial charge in [-0.1, -0.05) is 13.3 Å². The fraction of sp³-hybridized carbons (Fsp3) is 0.786. The SMILES string of the molecule is CCCCNc1nc(C)cn1CC1CCCOC1. The third-order valence-corrected chi connectivity index (χ3v) is 3.42. The Morgan fingerprint density at radius 3 is 3.17 bits per heavy atom. The van der Waals surface area contributed by atoms with E-state index in [0.717, 1.165) is 37.9 Å². The number of ether oxygens (including phenoxy) is 1. The minimum Gasteiger partial charge on any atom is -0.381 e. The number of rotatable bonds is 6. The number of aryl methyl sites for hydroxylation is 1. The monoisotopic (exact) mass is 251 g/mol. The maximum absolute atomic E-state index is 5.55. The molecular weight excluding hydrogens is 226 g/mol. The molecule has 0 saturated carbocycles. The van der Waals surface area contributed by atoms with Crippen LogP contribution in [0.4, 0.5) is 5.95 Å². The molecule has 0 spiro atoms. The number of hydrogen-bond acceptors (Lipinski definition) is 3. The van der Waals surface area contributed by atoms with Crippen LogP contribution in [0.15, 0.2) is 6.20 Å². The highest BCUT2D eigenvalue weighted by Crippen LogP contribution is 2.18. The first-order chi connectivity index (χ1) is 8.79. The Balaban J connectivity index is 1.93. The molecule has 1 fully saturated rings. The maximum Gasteiger partial charge on any atom is 0.203 e. The number of unbranched alkanes of at least 4 members (excludes halogenated alkanes) is 1. The van der Waals surface area contributed by atoms with Crippen LogP contribution in [0, 0.1) is 12.8 Å². The Morgan fingerprint density at radius 2 is 2.44 bits per heavy atom. The molecule has 0 bridgehead atoms. The van der Waals surface area contributed by atoms with Crippen LogP contribution in [0.1, 0.15) is 38.3 Å². The van der Waals surface area contributed by atoms with Gasteiger partial charge in [-0.3, -0.25) is 0 Å². The molecule has 0 amide bonds. The first-order valence-corrected chi connectivity index (χ1v) is 7.15. The van der Waals surface area contributed by atoms with Gasteiger partial charge in [-0.2, -0.15) is 0 Å². The molecule has 0 radical (unpaired) electrons. The average molecular weight is 251 g/mol. The van der Waals surface area contributed by atoms with Crippen molar-refractivity contribution in [3.05, 3.63) is 11.9 Å². The summed E-state index contributed by atoms with van der Waals surface area (Å²) in [6.07, 6.45) is 7.01. The Bertz CT molecular complexity index is 356. The number of nitrogens with zero attached hydrogens (tertiary/aromatic N) is 2. The molecule has 2 heterocycles. The van der Waals surface area contributed by atoms with Crippen molar-refractivity contribution in [1.29, 1.82) is 0 Å². The molecule has 4 heteroatoms. The Labute approximate surface area is 110 Å². The number of anilines is 1. The van der Waals surface area contributed by atoms with Gasteiger partial charge in [0.05, 0.1) is 12.3 Å². The normalized spacial score (nSPS) is 20.0. The maximum atomic E-state index is 5.55. The molecule has 1 aromatic rings. The highest BCUT2D eigenvalue weighted by molar-refractivity contribution is 5.28. The minimum absolute atomic E-state index is 0.638. The van der Waals surface area contributed by atoms with Crippen molar-refractivity contribution >= 4 is 5.95 Å². The summed E-state index contributed by atoms with van der Waals surface area (Å²) >= 11 is 0. The second kappa shape index (κ2) is 6.78. The van der Waals surface area contributed by atoms with Crippen LogP contribution in [-0.4, -0.2) is 29.3 Å². The molecule has 1 aliphatic rings. The standard InChI is InChI=1S/C14H25N3O/c1-3-4-7-15-14-16-12(2)9-17(14)10-13-6-5-8-18-11-13/h9,13H,3-8,10-11H2,1-2H3,(H,15,16). The van der Waals surface area contributed by atoms with Crippen molar-refractivity contribution in [2.45, 2.75) is 46.1 Å². The molecule has 1 aliphatic heterocycles. The third-order valence-electron chi connectivity index (χ3n) is 3.42. The summed E-state index contributed by atoms with van der Waals surface area (Å²) in [7, 11) is 0. The van der Waals surface area contributed by atoms with E-state index in [1.807, 2.05) is 0 Å². The molecule has 0 aromatic carbocycles. The van der Waals surface area contributed by atoms with E-state index in [4.69, 9.17) is 4.74 Å². The number of aromatic nitrogens is 2. The van der Waals surface area contributed by atoms with Crippen LogP contribution in [0.25, 0.3) is 0 Å². The minimum atomic E-state index is 0.638. The zero-order valence-corrected chi connectivity index (χ0v) is 11.6. The highest BCUT2D eigenvalue weighted by atomic mass is 16.5. The molecular formula is C14H25N3O. The molecule has 2 rings (SSSR count). The second-order valence-electron chi connectivity index (χ2n) is 5.22. The predicted molar refractivity (Wildman–Crippen MR) is 73.9 cm³/mol. The second-order valence-corrected chi connectivity index (χ2v) is 5.22. The Morgan fingerprint density at radius 1 is 1.56 bits per heavy atom. The topological polar surface area (TPSA) is 39.1 Å². The van der Waals surface area contributed by atoms with Crippen molar-refractivity contribution in [3.63, 3.8) is 0 Å². The van der Waals surface area contributed by atoms with Gasteiger partial charge in [-0.15, -0.1) is 0 Å². The van der Waals surface area contributed by atoms with Crippen molar-refractivity contribution in [3.8, 4) is 0 Å². The van der Waals surface area contributed by atoms with E-state index in [0.29, 0.717) is 5.92 Å². The van der Waals surface area contributed by atoms with E-state index in [1.54, 1.807) is 0 Å². The first kappa shape index (κ1) is 13.4. The largest absolute Gasteiger partial charge is 0.381 e. The van der Waals surface area contributed by atoms with Crippen molar-refractivity contribution < 1.29 is 4.74 Å². The lowest BCUT2D eigenvalue weighted by Crippen LogP contribution is -2.22. The van der Waals surface area contributed by atoms with E-state index >= 15 is 0 Å². The number of imidazole rings is 1. The van der Waals surface area contributed by atoms with Crippen molar-refractivity contribution in [1.82, 2.24) is 9.55 Å². The van der Waals surface area contributed by atoms with E-state index in [1.165, 1.54) is 25.7 Å². The molecule has 1 aromatic heterocycles. The summed E-state index contributed by atoms with van der Waals surface area (Å²) < 4.78 is 7.80. The predicted octanol–water partition coefficient (Wildman–Crippen LogP) is 2.83. The van der Waals surface area contributed by atoms with Gasteiger partial charge in [-0.25, -0.2) is 4.98 Å². The van der Waals surface area contributed by atoms with Crippen LogP contribution < -0.4 is 5.32 Å². The third kappa shape index (κ3) is 3.73. The summed E-state index contributed by atoms with van der Waals surface area (Å²) in [6, 6.07) is 0. The van der Waals surface area contributed by atoms with Crippen LogP contribution >= 0.6 is 0 Å². The Kier molecular flexibility index (Phi) is 5.05. The molecule has 4 nitrogen and oxygen atoms in total. The van der Waals surface area contributed by atoms with E-state index in [-0.39, 0.29) is 0 Å². The van der Waals surface area contributed by atoms with Crippen LogP contribution in [0.5, 0.6) is 0 Å². The van der Waals surface area contributed by atoms with Crippen LogP contribution in [0.2, 0.25) is 0 Å². The molecule has 1 saturated heterocycles. The first-order valence-electron chi connectivity index (χ1n) is 7.15. The van der Waals surface area contributed by atoms with Gasteiger partial charge in [0.15, 0.2) is 0 Å². The molecule has 1 unspecified atom stereocenters. The lowest BCUT2D eigenvalue weighted by molar-refractivity contribution is 0.0485. The zero-order chi connectivity index (χ0) is 12.8. The van der Waals surface area contributed by atoms with Gasteiger partial charge in [0.25, 0.3) is 0 Å². The molecule has 1 atom stereocenters. The summed E-state index contributed by atoms with van der Waals surface area (Å²) in [5.74, 6) is 1.66. The van der Waals surface area contributed by atoms with E-state index in [2.05, 4.69) is 34.9 Å². The lowest BCUT2D eigenvalue weighted by Gasteiger charge is -2.23. The van der Waals surface area contributed by atoms with Crippen molar-refractivity contribution in [2.75, 3.05) is 25.1 Å². The Hall–Kier alpha value is -1.03. The van der Waals surface area contributed by atoms with Crippen molar-refractivity contribution in [2.24, 2.45) is 5.92 Å². The van der Waals surface area contributed by atoms with Gasteiger partial charge < -0.3 is 14.6 Å². The summed E-state index contributed by atoms with van der Waals surface area (Å²) in [5.41, 5.74) is 1.09. The fourth-order valence-corrected chi connectivity index (χ4v) is 2.43. The van der Waals surface area contributed by atoms with Gasteiger partial charge in [0, 0.05) is 31.8 Å². The highest BCUT2D eigenvalue weighted by Gasteiger charge is 2.16. The lowest BCUT2D eigenvalue weighted by atomic mass is 10.0. The van der Waals surface area contributed by atoms with E-state index in [9.17, 15) is 0 Å². The number of nitrogens with one attached hydrogen (secondary N) is 1. The van der Waals surface area contributed by atoms with Gasteiger partial charge in [0.2, 0.25) is 5.95 Å². The summed E-state index contributed by atoms with van der Waals surface area (Å²) in [4.78, 5) is 4.56. The summed E-state index contributed by atoms with van der Waals surface area (Å²) in [5, 5.41) is 3.44. The molecule has 102 valence electrons. The smallest absolute Gasteiger partial charge is 0.203 e. The number of hydrogen-bond donors (Lipinski definition) is 1. The molecule has 0 aliphatic carbocycles. The van der Waals surface area contributed by atoms with Gasteiger partial charge in [-0.05, 0) is 26.2 Å².